The van der Waals surface area contributed by atoms with Gasteiger partial charge in [0, 0.05) is 6.54 Å². The number of carbonyl (C=O) groups excluding carboxylic acids is 2. The molecule has 0 bridgehead atoms. The van der Waals surface area contributed by atoms with Gasteiger partial charge < -0.3 is 19.2 Å². The minimum atomic E-state index is -2.93. The van der Waals surface area contributed by atoms with E-state index in [0.717, 1.165) is 32.6 Å². The molecule has 3 aliphatic rings. The molecule has 3 aromatic rings. The Balaban J connectivity index is 1.45. The molecule has 47 heavy (non-hydrogen) atoms. The van der Waals surface area contributed by atoms with Crippen LogP contribution in [0.15, 0.2) is 83.8 Å². The lowest BCUT2D eigenvalue weighted by Gasteiger charge is -2.45. The number of rotatable bonds is 8. The molecule has 4 atom stereocenters. The van der Waals surface area contributed by atoms with Crippen molar-refractivity contribution in [3.8, 4) is 5.75 Å². The number of phenolic OH excluding ortho intramolecular Hbond substituents is 1. The van der Waals surface area contributed by atoms with E-state index in [4.69, 9.17) is 9.08 Å². The van der Waals surface area contributed by atoms with Gasteiger partial charge in [0.25, 0.3) is 8.32 Å². The van der Waals surface area contributed by atoms with Crippen LogP contribution in [0.25, 0.3) is 0 Å². The molecule has 2 amide bonds. The summed E-state index contributed by atoms with van der Waals surface area (Å²) in [6, 6.07) is 24.6. The zero-order chi connectivity index (χ0) is 33.7. The average molecular weight is 652 g/mol. The topological polar surface area (TPSA) is 96.3 Å². The van der Waals surface area contributed by atoms with Gasteiger partial charge in [-0.3, -0.25) is 14.5 Å². The first-order valence-corrected chi connectivity index (χ1v) is 18.8. The van der Waals surface area contributed by atoms with Crippen LogP contribution >= 0.6 is 0 Å². The zero-order valence-electron chi connectivity index (χ0n) is 28.3. The predicted octanol–water partition coefficient (Wildman–Crippen LogP) is 5.39. The second-order valence-corrected chi connectivity index (χ2v) is 18.8. The molecule has 2 aliphatic heterocycles. The number of nitrogens with zero attached hydrogens (tertiary/aromatic N) is 1. The maximum absolute atomic E-state index is 13.9. The molecular formula is C38H46BNO6Si. The molecule has 2 heterocycles. The summed E-state index contributed by atoms with van der Waals surface area (Å²) in [5.41, 5.74) is 3.83. The van der Waals surface area contributed by atoms with Crippen molar-refractivity contribution in [2.75, 3.05) is 13.2 Å². The molecule has 2 saturated heterocycles. The lowest BCUT2D eigenvalue weighted by Crippen LogP contribution is -2.66. The van der Waals surface area contributed by atoms with Crippen LogP contribution in [0.4, 0.5) is 0 Å². The van der Waals surface area contributed by atoms with Crippen LogP contribution in [-0.4, -0.2) is 55.4 Å². The molecule has 2 fully saturated rings. The number of likely N-dealkylation sites (tertiary alicyclic amines) is 1. The van der Waals surface area contributed by atoms with Crippen molar-refractivity contribution in [2.24, 2.45) is 17.8 Å². The lowest BCUT2D eigenvalue weighted by atomic mass is 9.55. The summed E-state index contributed by atoms with van der Waals surface area (Å²) in [7, 11) is -4.18. The van der Waals surface area contributed by atoms with E-state index < -0.39 is 33.4 Å². The number of aromatic hydroxyl groups is 1. The van der Waals surface area contributed by atoms with Gasteiger partial charge in [-0.2, -0.15) is 0 Å². The SMILES string of the molecule is CCCN1C(=O)[C@H]2[C@H](CC(CO[Si](c3ccccc3)(c3ccccc3)C(C)(C)C)=C3B(O)O[C@H](c4cc(C)c(O)c(C)c4)C[C@H]32)C1=O. The highest BCUT2D eigenvalue weighted by molar-refractivity contribution is 6.99. The van der Waals surface area contributed by atoms with E-state index in [2.05, 4.69) is 69.3 Å². The summed E-state index contributed by atoms with van der Waals surface area (Å²) >= 11 is 0. The number of fused-ring (bicyclic) bond motifs is 3. The quantitative estimate of drug-likeness (QED) is 0.251. The Morgan fingerprint density at radius 1 is 0.936 bits per heavy atom. The van der Waals surface area contributed by atoms with Gasteiger partial charge in [-0.15, -0.1) is 0 Å². The number of hydrogen-bond acceptors (Lipinski definition) is 6. The highest BCUT2D eigenvalue weighted by atomic mass is 28.4. The van der Waals surface area contributed by atoms with E-state index in [1.807, 2.05) is 45.0 Å². The fourth-order valence-corrected chi connectivity index (χ4v) is 12.9. The Morgan fingerprint density at radius 3 is 2.04 bits per heavy atom. The highest BCUT2D eigenvalue weighted by Crippen LogP contribution is 2.52. The van der Waals surface area contributed by atoms with E-state index in [1.54, 1.807) is 0 Å². The Hall–Kier alpha value is -3.50. The van der Waals surface area contributed by atoms with Crippen LogP contribution in [0.2, 0.25) is 5.04 Å². The molecule has 3 aromatic carbocycles. The van der Waals surface area contributed by atoms with Gasteiger partial charge in [-0.05, 0) is 94.3 Å². The molecule has 7 nitrogen and oxygen atoms in total. The number of carbonyl (C=O) groups is 2. The summed E-state index contributed by atoms with van der Waals surface area (Å²) in [6.45, 7) is 12.9. The normalized spacial score (nSPS) is 23.3. The predicted molar refractivity (Wildman–Crippen MR) is 187 cm³/mol. The van der Waals surface area contributed by atoms with Crippen molar-refractivity contribution in [1.29, 1.82) is 0 Å². The number of hydrogen-bond donors (Lipinski definition) is 2. The van der Waals surface area contributed by atoms with Crippen molar-refractivity contribution < 1.29 is 28.8 Å². The fourth-order valence-electron chi connectivity index (χ4n) is 8.40. The molecule has 0 radical (unpaired) electrons. The summed E-state index contributed by atoms with van der Waals surface area (Å²) < 4.78 is 13.7. The van der Waals surface area contributed by atoms with Gasteiger partial charge in [0.2, 0.25) is 11.8 Å². The van der Waals surface area contributed by atoms with Gasteiger partial charge in [0.05, 0.1) is 24.5 Å². The Morgan fingerprint density at radius 2 is 1.51 bits per heavy atom. The van der Waals surface area contributed by atoms with Crippen molar-refractivity contribution in [1.82, 2.24) is 4.90 Å². The van der Waals surface area contributed by atoms with E-state index in [9.17, 15) is 19.7 Å². The lowest BCUT2D eigenvalue weighted by molar-refractivity contribution is -0.140. The fraction of sp³-hybridized carbons (Fsp3) is 0.421. The van der Waals surface area contributed by atoms with E-state index in [-0.39, 0.29) is 35.1 Å². The highest BCUT2D eigenvalue weighted by Gasteiger charge is 2.58. The first-order valence-electron chi connectivity index (χ1n) is 16.8. The summed E-state index contributed by atoms with van der Waals surface area (Å²) in [5.74, 6) is -1.48. The van der Waals surface area contributed by atoms with Crippen molar-refractivity contribution in [2.45, 2.75) is 71.9 Å². The minimum absolute atomic E-state index is 0.127. The zero-order valence-corrected chi connectivity index (χ0v) is 29.3. The number of allylic oxidation sites excluding steroid dienone is 1. The van der Waals surface area contributed by atoms with Crippen LogP contribution in [-0.2, 0) is 18.7 Å². The van der Waals surface area contributed by atoms with Crippen molar-refractivity contribution in [3.63, 3.8) is 0 Å². The number of benzene rings is 3. The summed E-state index contributed by atoms with van der Waals surface area (Å²) in [4.78, 5) is 29.2. The van der Waals surface area contributed by atoms with Crippen LogP contribution in [0.5, 0.6) is 5.75 Å². The van der Waals surface area contributed by atoms with Crippen LogP contribution < -0.4 is 10.4 Å². The second-order valence-electron chi connectivity index (χ2n) is 14.5. The molecule has 6 rings (SSSR count). The van der Waals surface area contributed by atoms with Crippen LogP contribution in [0.1, 0.15) is 69.8 Å². The standard InChI is InChI=1S/C38H46BNO6Si/c1-7-18-40-36(42)31-21-27(23-45-47(38(4,5)6,28-14-10-8-11-15-28)29-16-12-9-13-17-29)34-30(33(31)37(40)43)22-32(46-39(34)44)26-19-24(2)35(41)25(3)20-26/h8-17,19-20,30-33,41,44H,7,18,21-23H2,1-6H3/t30-,31-,32-,33+/m0/s1. The van der Waals surface area contributed by atoms with Crippen molar-refractivity contribution in [3.05, 3.63) is 101 Å². The number of phenols is 1. The molecule has 0 unspecified atom stereocenters. The van der Waals surface area contributed by atoms with Gasteiger partial charge in [0.1, 0.15) is 5.75 Å². The monoisotopic (exact) mass is 651 g/mol. The third kappa shape index (κ3) is 5.71. The number of aryl methyl sites for hydroxylation is 2. The van der Waals surface area contributed by atoms with Crippen LogP contribution in [0.3, 0.4) is 0 Å². The minimum Gasteiger partial charge on any atom is -0.507 e. The largest absolute Gasteiger partial charge is 0.507 e. The van der Waals surface area contributed by atoms with Crippen LogP contribution in [0, 0.1) is 31.6 Å². The Labute approximate surface area is 279 Å². The Bertz CT molecular complexity index is 1620. The molecule has 0 saturated carbocycles. The van der Waals surface area contributed by atoms with E-state index in [1.165, 1.54) is 4.90 Å². The molecule has 2 N–H and O–H groups in total. The third-order valence-electron chi connectivity index (χ3n) is 10.5. The molecule has 0 aromatic heterocycles. The van der Waals surface area contributed by atoms with Gasteiger partial charge in [-0.25, -0.2) is 0 Å². The van der Waals surface area contributed by atoms with E-state index in [0.29, 0.717) is 31.3 Å². The van der Waals surface area contributed by atoms with E-state index >= 15 is 0 Å². The number of amides is 2. The first-order chi connectivity index (χ1) is 22.4. The summed E-state index contributed by atoms with van der Waals surface area (Å²) in [5, 5.41) is 24.2. The average Bonchev–Trinajstić information content (AvgIpc) is 3.28. The third-order valence-corrected chi connectivity index (χ3v) is 15.5. The first kappa shape index (κ1) is 33.4. The smallest absolute Gasteiger partial charge is 0.487 e. The van der Waals surface area contributed by atoms with Crippen molar-refractivity contribution >= 4 is 37.6 Å². The second kappa shape index (κ2) is 12.8. The van der Waals surface area contributed by atoms with Gasteiger partial charge in [-0.1, -0.05) is 88.4 Å². The molecular weight excluding hydrogens is 605 g/mol. The Kier molecular flexibility index (Phi) is 9.13. The van der Waals surface area contributed by atoms with Gasteiger partial charge in [0.15, 0.2) is 0 Å². The summed E-state index contributed by atoms with van der Waals surface area (Å²) in [6.07, 6.45) is 0.977. The maximum Gasteiger partial charge on any atom is 0.487 e. The molecule has 1 aliphatic carbocycles. The van der Waals surface area contributed by atoms with Gasteiger partial charge >= 0.3 is 7.12 Å². The maximum atomic E-state index is 13.9. The number of imide groups is 1. The molecule has 246 valence electrons. The molecule has 0 spiro atoms. The molecule has 9 heteroatoms.